The Morgan fingerprint density at radius 3 is 2.58 bits per heavy atom. The first-order chi connectivity index (χ1) is 14.7. The highest BCUT2D eigenvalue weighted by Crippen LogP contribution is 2.31. The van der Waals surface area contributed by atoms with Crippen molar-refractivity contribution in [2.45, 2.75) is 65.1 Å². The van der Waals surface area contributed by atoms with Crippen LogP contribution in [0.2, 0.25) is 0 Å². The number of nitrogens with zero attached hydrogens (tertiary/aromatic N) is 1. The summed E-state index contributed by atoms with van der Waals surface area (Å²) in [6.45, 7) is 10.9. The van der Waals surface area contributed by atoms with Crippen LogP contribution in [0.4, 0.5) is 0 Å². The largest absolute Gasteiger partial charge is 0.472 e. The molecule has 2 N–H and O–H groups in total. The minimum Gasteiger partial charge on any atom is -0.472 e. The Morgan fingerprint density at radius 2 is 1.97 bits per heavy atom. The second-order valence-corrected chi connectivity index (χ2v) is 9.70. The Bertz CT molecular complexity index is 768. The maximum atomic E-state index is 13.3. The molecule has 8 nitrogen and oxygen atoms in total. The average Bonchev–Trinajstić information content (AvgIpc) is 3.46. The lowest BCUT2D eigenvalue weighted by Gasteiger charge is -2.34. The molecule has 2 saturated heterocycles. The number of nitrogens with one attached hydrogen (secondary N) is 2. The molecule has 0 bridgehead atoms. The van der Waals surface area contributed by atoms with Gasteiger partial charge >= 0.3 is 0 Å². The van der Waals surface area contributed by atoms with Gasteiger partial charge in [0.2, 0.25) is 5.91 Å². The summed E-state index contributed by atoms with van der Waals surface area (Å²) in [6.07, 6.45) is 5.13. The highest BCUT2D eigenvalue weighted by molar-refractivity contribution is 5.98. The molecule has 172 valence electrons. The highest BCUT2D eigenvalue weighted by Gasteiger charge is 2.40. The minimum atomic E-state index is -0.777. The van der Waals surface area contributed by atoms with Crippen LogP contribution in [0.1, 0.15) is 57.3 Å². The van der Waals surface area contributed by atoms with E-state index in [0.717, 1.165) is 25.9 Å². The number of ether oxygens (including phenoxy) is 1. The summed E-state index contributed by atoms with van der Waals surface area (Å²) in [7, 11) is 0. The zero-order valence-corrected chi connectivity index (χ0v) is 19.0. The summed E-state index contributed by atoms with van der Waals surface area (Å²) in [5, 5.41) is 5.72. The molecule has 0 aromatic carbocycles. The maximum absolute atomic E-state index is 13.3. The second-order valence-electron chi connectivity index (χ2n) is 9.70. The van der Waals surface area contributed by atoms with Gasteiger partial charge in [0.05, 0.1) is 17.9 Å². The molecule has 3 atom stereocenters. The van der Waals surface area contributed by atoms with Crippen LogP contribution in [-0.2, 0) is 14.3 Å². The van der Waals surface area contributed by atoms with Gasteiger partial charge < -0.3 is 24.7 Å². The average molecular weight is 434 g/mol. The van der Waals surface area contributed by atoms with Gasteiger partial charge in [0.25, 0.3) is 5.91 Å². The number of hydrogen-bond donors (Lipinski definition) is 2. The molecular weight excluding hydrogens is 398 g/mol. The van der Waals surface area contributed by atoms with E-state index in [2.05, 4.69) is 43.2 Å². The predicted molar refractivity (Wildman–Crippen MR) is 116 cm³/mol. The van der Waals surface area contributed by atoms with Gasteiger partial charge in [-0.2, -0.15) is 0 Å². The molecule has 1 aromatic heterocycles. The standard InChI is InChI=1S/C23H35N3O5/c1-15(2)23(3,4)11-17(24-21(28)16-7-10-30-13-16)22(29)25-20-18(27)14-31-19(20)12-26-8-5-6-9-26/h7,10,13,15,17,19-20H,5-6,8-9,11-12,14H2,1-4H3,(H,24,28)(H,25,29). The van der Waals surface area contributed by atoms with E-state index < -0.39 is 12.1 Å². The van der Waals surface area contributed by atoms with Gasteiger partial charge in [0.15, 0.2) is 5.78 Å². The third-order valence-corrected chi connectivity index (χ3v) is 6.79. The zero-order chi connectivity index (χ0) is 22.6. The summed E-state index contributed by atoms with van der Waals surface area (Å²) in [6, 6.07) is 0.0856. The normalized spacial score (nSPS) is 23.3. The van der Waals surface area contributed by atoms with Crippen molar-refractivity contribution in [1.29, 1.82) is 0 Å². The molecular formula is C23H35N3O5. The van der Waals surface area contributed by atoms with Crippen molar-refractivity contribution in [3.8, 4) is 0 Å². The number of ketones is 1. The van der Waals surface area contributed by atoms with Gasteiger partial charge in [-0.05, 0) is 49.8 Å². The molecule has 2 fully saturated rings. The lowest BCUT2D eigenvalue weighted by atomic mass is 9.76. The molecule has 1 aromatic rings. The minimum absolute atomic E-state index is 0.00693. The van der Waals surface area contributed by atoms with Crippen LogP contribution < -0.4 is 10.6 Å². The van der Waals surface area contributed by atoms with Crippen molar-refractivity contribution in [2.24, 2.45) is 11.3 Å². The van der Waals surface area contributed by atoms with Crippen molar-refractivity contribution >= 4 is 17.6 Å². The van der Waals surface area contributed by atoms with Gasteiger partial charge in [-0.15, -0.1) is 0 Å². The van der Waals surface area contributed by atoms with E-state index in [9.17, 15) is 14.4 Å². The first-order valence-corrected chi connectivity index (χ1v) is 11.2. The monoisotopic (exact) mass is 433 g/mol. The van der Waals surface area contributed by atoms with E-state index in [0.29, 0.717) is 24.4 Å². The molecule has 0 saturated carbocycles. The number of hydrogen-bond acceptors (Lipinski definition) is 6. The Balaban J connectivity index is 1.71. The van der Waals surface area contributed by atoms with E-state index >= 15 is 0 Å². The Labute approximate surface area is 184 Å². The first-order valence-electron chi connectivity index (χ1n) is 11.2. The molecule has 3 heterocycles. The molecule has 2 aliphatic heterocycles. The fourth-order valence-electron chi connectivity index (χ4n) is 3.99. The summed E-state index contributed by atoms with van der Waals surface area (Å²) in [5.74, 6) is -0.564. The first kappa shape index (κ1) is 23.5. The summed E-state index contributed by atoms with van der Waals surface area (Å²) >= 11 is 0. The fourth-order valence-corrected chi connectivity index (χ4v) is 3.99. The van der Waals surface area contributed by atoms with Gasteiger partial charge in [-0.3, -0.25) is 14.4 Å². The predicted octanol–water partition coefficient (Wildman–Crippen LogP) is 2.00. The van der Waals surface area contributed by atoms with Gasteiger partial charge in [0, 0.05) is 6.54 Å². The number of amides is 2. The highest BCUT2D eigenvalue weighted by atomic mass is 16.5. The summed E-state index contributed by atoms with van der Waals surface area (Å²) in [4.78, 5) is 40.6. The number of Topliss-reactive ketones (excluding diaryl/α,β-unsaturated/α-hetero) is 1. The molecule has 31 heavy (non-hydrogen) atoms. The van der Waals surface area contributed by atoms with Crippen molar-refractivity contribution in [1.82, 2.24) is 15.5 Å². The Morgan fingerprint density at radius 1 is 1.26 bits per heavy atom. The number of carbonyl (C=O) groups is 3. The van der Waals surface area contributed by atoms with Crippen LogP contribution in [0, 0.1) is 11.3 Å². The van der Waals surface area contributed by atoms with Crippen LogP contribution in [-0.4, -0.2) is 66.9 Å². The molecule has 2 aliphatic rings. The molecule has 3 rings (SSSR count). The molecule has 0 spiro atoms. The third-order valence-electron chi connectivity index (χ3n) is 6.79. The lowest BCUT2D eigenvalue weighted by Crippen LogP contribution is -2.55. The maximum Gasteiger partial charge on any atom is 0.255 e. The second kappa shape index (κ2) is 9.96. The smallest absolute Gasteiger partial charge is 0.255 e. The molecule has 0 aliphatic carbocycles. The Kier molecular flexibility index (Phi) is 7.54. The van der Waals surface area contributed by atoms with Gasteiger partial charge in [-0.25, -0.2) is 0 Å². The van der Waals surface area contributed by atoms with Crippen LogP contribution in [0.5, 0.6) is 0 Å². The van der Waals surface area contributed by atoms with E-state index in [1.807, 2.05) is 0 Å². The SMILES string of the molecule is CC(C)C(C)(C)CC(NC(=O)c1ccoc1)C(=O)NC1C(=O)COC1CN1CCCC1. The van der Waals surface area contributed by atoms with Crippen molar-refractivity contribution in [3.63, 3.8) is 0 Å². The number of rotatable bonds is 9. The van der Waals surface area contributed by atoms with Crippen LogP contribution in [0.3, 0.4) is 0 Å². The number of likely N-dealkylation sites (tertiary alicyclic amines) is 1. The number of furan rings is 1. The van der Waals surface area contributed by atoms with Crippen molar-refractivity contribution in [2.75, 3.05) is 26.2 Å². The van der Waals surface area contributed by atoms with E-state index in [4.69, 9.17) is 9.15 Å². The van der Waals surface area contributed by atoms with Gasteiger partial charge in [-0.1, -0.05) is 27.7 Å². The zero-order valence-electron chi connectivity index (χ0n) is 19.0. The lowest BCUT2D eigenvalue weighted by molar-refractivity contribution is -0.128. The Hall–Kier alpha value is -2.19. The van der Waals surface area contributed by atoms with Crippen LogP contribution in [0.25, 0.3) is 0 Å². The van der Waals surface area contributed by atoms with Crippen LogP contribution in [0.15, 0.2) is 23.0 Å². The quantitative estimate of drug-likeness (QED) is 0.618. The van der Waals surface area contributed by atoms with Crippen molar-refractivity contribution < 1.29 is 23.5 Å². The third kappa shape index (κ3) is 5.95. The molecule has 2 amide bonds. The fraction of sp³-hybridized carbons (Fsp3) is 0.696. The number of carbonyl (C=O) groups excluding carboxylic acids is 3. The van der Waals surface area contributed by atoms with E-state index in [1.165, 1.54) is 12.5 Å². The van der Waals surface area contributed by atoms with Crippen molar-refractivity contribution in [3.05, 3.63) is 24.2 Å². The molecule has 8 heteroatoms. The molecule has 0 radical (unpaired) electrons. The van der Waals surface area contributed by atoms with E-state index in [1.54, 1.807) is 6.07 Å². The summed E-state index contributed by atoms with van der Waals surface area (Å²) < 4.78 is 10.7. The topological polar surface area (TPSA) is 101 Å². The van der Waals surface area contributed by atoms with Gasteiger partial charge in [0.1, 0.15) is 25.0 Å². The van der Waals surface area contributed by atoms with E-state index in [-0.39, 0.29) is 35.7 Å². The molecule has 3 unspecified atom stereocenters. The summed E-state index contributed by atoms with van der Waals surface area (Å²) in [5.41, 5.74) is 0.156. The van der Waals surface area contributed by atoms with Crippen LogP contribution >= 0.6 is 0 Å².